The fourth-order valence-electron chi connectivity index (χ4n) is 4.39. The fourth-order valence-corrected chi connectivity index (χ4v) is 4.52. The average Bonchev–Trinajstić information content (AvgIpc) is 2.85. The zero-order valence-corrected chi connectivity index (χ0v) is 19.9. The highest BCUT2D eigenvalue weighted by molar-refractivity contribution is 6.30. The highest BCUT2D eigenvalue weighted by atomic mass is 35.5. The molecule has 0 atom stereocenters. The molecule has 1 aromatic heterocycles. The molecule has 0 aliphatic carbocycles. The minimum atomic E-state index is -0.0939. The summed E-state index contributed by atoms with van der Waals surface area (Å²) in [5.74, 6) is 2.42. The maximum atomic E-state index is 13.6. The number of rotatable bonds is 5. The zero-order chi connectivity index (χ0) is 23.8. The monoisotopic (exact) mass is 477 g/mol. The van der Waals surface area contributed by atoms with E-state index >= 15 is 0 Å². The summed E-state index contributed by atoms with van der Waals surface area (Å²) in [6.07, 6.45) is 0. The minimum absolute atomic E-state index is 0.0939. The van der Waals surface area contributed by atoms with Gasteiger partial charge >= 0.3 is 0 Å². The Bertz CT molecular complexity index is 1430. The molecule has 1 aliphatic heterocycles. The number of ether oxygens (including phenoxy) is 3. The number of nitrogens with zero attached hydrogens (tertiary/aromatic N) is 1. The zero-order valence-electron chi connectivity index (χ0n) is 19.2. The summed E-state index contributed by atoms with van der Waals surface area (Å²) in [5.41, 5.74) is 3.68. The summed E-state index contributed by atoms with van der Waals surface area (Å²) in [5, 5.41) is 1.23. The van der Waals surface area contributed by atoms with Crippen LogP contribution >= 0.6 is 11.6 Å². The number of benzene rings is 3. The Balaban J connectivity index is 1.55. The molecule has 0 fully saturated rings. The molecule has 0 bridgehead atoms. The Morgan fingerprint density at radius 3 is 2.50 bits per heavy atom. The van der Waals surface area contributed by atoms with E-state index in [1.54, 1.807) is 39.3 Å². The largest absolute Gasteiger partial charge is 0.493 e. The minimum Gasteiger partial charge on any atom is -0.493 e. The van der Waals surface area contributed by atoms with Gasteiger partial charge in [0.15, 0.2) is 11.5 Å². The van der Waals surface area contributed by atoms with Crippen molar-refractivity contribution in [2.75, 3.05) is 21.0 Å². The predicted octanol–water partition coefficient (Wildman–Crippen LogP) is 5.79. The van der Waals surface area contributed by atoms with Crippen molar-refractivity contribution in [2.45, 2.75) is 20.0 Å². The van der Waals surface area contributed by atoms with Gasteiger partial charge in [0.25, 0.3) is 0 Å². The van der Waals surface area contributed by atoms with Gasteiger partial charge in [-0.15, -0.1) is 0 Å². The van der Waals surface area contributed by atoms with Crippen LogP contribution in [0.4, 0.5) is 0 Å². The van der Waals surface area contributed by atoms with Crippen LogP contribution in [0.2, 0.25) is 5.02 Å². The van der Waals surface area contributed by atoms with Crippen LogP contribution in [0.3, 0.4) is 0 Å². The Labute approximate surface area is 202 Å². The number of aryl methyl sites for hydroxylation is 1. The van der Waals surface area contributed by atoms with Crippen molar-refractivity contribution in [1.29, 1.82) is 0 Å². The molecule has 4 aromatic rings. The van der Waals surface area contributed by atoms with E-state index in [2.05, 4.69) is 4.90 Å². The number of halogens is 1. The highest BCUT2D eigenvalue weighted by Crippen LogP contribution is 2.36. The number of hydrogen-bond acceptors (Lipinski definition) is 6. The fraction of sp³-hybridized carbons (Fsp3) is 0.222. The summed E-state index contributed by atoms with van der Waals surface area (Å²) in [4.78, 5) is 15.8. The van der Waals surface area contributed by atoms with E-state index < -0.39 is 0 Å². The van der Waals surface area contributed by atoms with Crippen LogP contribution in [0.1, 0.15) is 16.9 Å². The average molecular weight is 478 g/mol. The van der Waals surface area contributed by atoms with Gasteiger partial charge in [-0.25, -0.2) is 0 Å². The summed E-state index contributed by atoms with van der Waals surface area (Å²) >= 11 is 6.01. The topological polar surface area (TPSA) is 61.1 Å². The number of fused-ring (bicyclic) bond motifs is 3. The van der Waals surface area contributed by atoms with Gasteiger partial charge in [0.2, 0.25) is 5.43 Å². The molecule has 0 radical (unpaired) electrons. The highest BCUT2D eigenvalue weighted by Gasteiger charge is 2.24. The Morgan fingerprint density at radius 2 is 1.76 bits per heavy atom. The quantitative estimate of drug-likeness (QED) is 0.362. The number of methoxy groups -OCH3 is 2. The van der Waals surface area contributed by atoms with E-state index in [1.807, 2.05) is 36.4 Å². The molecule has 0 saturated heterocycles. The maximum absolute atomic E-state index is 13.6. The standard InChI is InChI=1S/C27H24ClNO5/c1-16-25(18-6-10-23(31-2)24(12-18)32-3)26(30)20-9-11-22-21(27(20)34-16)14-29(15-33-22)13-17-4-7-19(28)8-5-17/h4-12H,13-15H2,1-3H3. The maximum Gasteiger partial charge on any atom is 0.200 e. The van der Waals surface area contributed by atoms with Gasteiger partial charge in [0.05, 0.1) is 30.7 Å². The van der Waals surface area contributed by atoms with E-state index in [1.165, 1.54) is 0 Å². The molecule has 0 amide bonds. The van der Waals surface area contributed by atoms with E-state index in [-0.39, 0.29) is 5.43 Å². The van der Waals surface area contributed by atoms with Crippen molar-refractivity contribution in [1.82, 2.24) is 4.90 Å². The Morgan fingerprint density at radius 1 is 1.00 bits per heavy atom. The molecular weight excluding hydrogens is 454 g/mol. The molecule has 0 spiro atoms. The SMILES string of the molecule is COc1ccc(-c2c(C)oc3c4c(ccc3c2=O)OCN(Cc2ccc(Cl)cc2)C4)cc1OC. The van der Waals surface area contributed by atoms with E-state index in [9.17, 15) is 4.79 Å². The molecule has 6 nitrogen and oxygen atoms in total. The first-order valence-corrected chi connectivity index (χ1v) is 11.3. The summed E-state index contributed by atoms with van der Waals surface area (Å²) in [6.45, 7) is 3.56. The van der Waals surface area contributed by atoms with Crippen LogP contribution in [0.25, 0.3) is 22.1 Å². The number of hydrogen-bond donors (Lipinski definition) is 0. The Hall–Kier alpha value is -3.48. The van der Waals surface area contributed by atoms with Crippen LogP contribution in [0, 0.1) is 6.92 Å². The van der Waals surface area contributed by atoms with Crippen molar-refractivity contribution in [3.8, 4) is 28.4 Å². The second kappa shape index (κ2) is 9.05. The first kappa shape index (κ1) is 22.3. The van der Waals surface area contributed by atoms with Crippen LogP contribution in [0.5, 0.6) is 17.2 Å². The predicted molar refractivity (Wildman–Crippen MR) is 132 cm³/mol. The molecular formula is C27H24ClNO5. The Kier molecular flexibility index (Phi) is 5.94. The van der Waals surface area contributed by atoms with Gasteiger partial charge in [-0.05, 0) is 54.4 Å². The second-order valence-corrected chi connectivity index (χ2v) is 8.67. The normalized spacial score (nSPS) is 13.4. The summed E-state index contributed by atoms with van der Waals surface area (Å²) < 4.78 is 23.0. The molecule has 34 heavy (non-hydrogen) atoms. The van der Waals surface area contributed by atoms with Gasteiger partial charge in [-0.3, -0.25) is 9.69 Å². The second-order valence-electron chi connectivity index (χ2n) is 8.24. The van der Waals surface area contributed by atoms with Gasteiger partial charge in [-0.2, -0.15) is 0 Å². The van der Waals surface area contributed by atoms with Crippen molar-refractivity contribution in [3.05, 3.63) is 86.7 Å². The van der Waals surface area contributed by atoms with Gasteiger partial charge in [0, 0.05) is 18.1 Å². The molecule has 5 rings (SSSR count). The molecule has 0 saturated carbocycles. The van der Waals surface area contributed by atoms with Crippen LogP contribution in [-0.4, -0.2) is 25.9 Å². The van der Waals surface area contributed by atoms with Crippen molar-refractivity contribution < 1.29 is 18.6 Å². The summed E-state index contributed by atoms with van der Waals surface area (Å²) in [7, 11) is 3.15. The lowest BCUT2D eigenvalue weighted by Gasteiger charge is -2.29. The van der Waals surface area contributed by atoms with Crippen molar-refractivity contribution in [2.24, 2.45) is 0 Å². The molecule has 174 valence electrons. The molecule has 3 aromatic carbocycles. The van der Waals surface area contributed by atoms with Crippen molar-refractivity contribution >= 4 is 22.6 Å². The van der Waals surface area contributed by atoms with Gasteiger partial charge in [-0.1, -0.05) is 29.8 Å². The first-order valence-electron chi connectivity index (χ1n) is 10.9. The molecule has 1 aliphatic rings. The molecule has 0 N–H and O–H groups in total. The third kappa shape index (κ3) is 4.00. The van der Waals surface area contributed by atoms with Crippen LogP contribution in [-0.2, 0) is 13.1 Å². The smallest absolute Gasteiger partial charge is 0.200 e. The van der Waals surface area contributed by atoms with Gasteiger partial charge in [0.1, 0.15) is 23.8 Å². The third-order valence-electron chi connectivity index (χ3n) is 6.07. The van der Waals surface area contributed by atoms with Crippen LogP contribution in [0.15, 0.2) is 63.8 Å². The van der Waals surface area contributed by atoms with E-state index in [0.29, 0.717) is 64.2 Å². The van der Waals surface area contributed by atoms with E-state index in [0.717, 1.165) is 16.9 Å². The molecule has 0 unspecified atom stereocenters. The molecule has 7 heteroatoms. The van der Waals surface area contributed by atoms with Crippen LogP contribution < -0.4 is 19.6 Å². The van der Waals surface area contributed by atoms with Crippen molar-refractivity contribution in [3.63, 3.8) is 0 Å². The first-order chi connectivity index (χ1) is 16.5. The van der Waals surface area contributed by atoms with E-state index in [4.69, 9.17) is 30.2 Å². The molecule has 2 heterocycles. The third-order valence-corrected chi connectivity index (χ3v) is 6.32. The lowest BCUT2D eigenvalue weighted by atomic mass is 10.00. The summed E-state index contributed by atoms with van der Waals surface area (Å²) in [6, 6.07) is 16.8. The van der Waals surface area contributed by atoms with Gasteiger partial charge < -0.3 is 18.6 Å². The lowest BCUT2D eigenvalue weighted by Crippen LogP contribution is -2.31. The lowest BCUT2D eigenvalue weighted by molar-refractivity contribution is 0.0890.